The molecule has 0 saturated carbocycles. The second-order valence-electron chi connectivity index (χ2n) is 4.68. The van der Waals surface area contributed by atoms with Crippen LogP contribution in [0.2, 0.25) is 0 Å². The molecule has 1 aliphatic heterocycles. The van der Waals surface area contributed by atoms with Gasteiger partial charge < -0.3 is 5.32 Å². The van der Waals surface area contributed by atoms with Crippen LogP contribution < -0.4 is 5.32 Å². The summed E-state index contributed by atoms with van der Waals surface area (Å²) in [5.74, 6) is 0.134. The Morgan fingerprint density at radius 2 is 2.31 bits per heavy atom. The molecule has 80 valence electrons. The number of carbonyl (C=O) groups is 1. The molecule has 3 rings (SSSR count). The van der Waals surface area contributed by atoms with Crippen LogP contribution in [-0.2, 0) is 16.6 Å². The summed E-state index contributed by atoms with van der Waals surface area (Å²) < 4.78 is 0. The third kappa shape index (κ3) is 1.10. The van der Waals surface area contributed by atoms with E-state index in [-0.39, 0.29) is 11.3 Å². The van der Waals surface area contributed by atoms with E-state index in [1.165, 1.54) is 5.56 Å². The maximum Gasteiger partial charge on any atom is 0.220 e. The molecule has 1 heterocycles. The van der Waals surface area contributed by atoms with Crippen LogP contribution >= 0.6 is 0 Å². The van der Waals surface area contributed by atoms with Crippen LogP contribution in [0.1, 0.15) is 29.5 Å². The second-order valence-corrected chi connectivity index (χ2v) is 4.68. The van der Waals surface area contributed by atoms with Gasteiger partial charge in [-0.2, -0.15) is 5.26 Å². The van der Waals surface area contributed by atoms with Gasteiger partial charge in [-0.05, 0) is 30.0 Å². The molecule has 1 atom stereocenters. The summed E-state index contributed by atoms with van der Waals surface area (Å²) in [5.41, 5.74) is 3.11. The molecule has 1 saturated heterocycles. The van der Waals surface area contributed by atoms with Crippen LogP contribution in [0.15, 0.2) is 18.2 Å². The topological polar surface area (TPSA) is 52.9 Å². The van der Waals surface area contributed by atoms with Crippen molar-refractivity contribution in [2.45, 2.75) is 24.7 Å². The number of nitrogens with zero attached hydrogens (tertiary/aromatic N) is 1. The Bertz CT molecular complexity index is 515. The van der Waals surface area contributed by atoms with Gasteiger partial charge in [-0.3, -0.25) is 4.79 Å². The van der Waals surface area contributed by atoms with Gasteiger partial charge in [-0.15, -0.1) is 0 Å². The van der Waals surface area contributed by atoms with Crippen molar-refractivity contribution in [1.29, 1.82) is 5.26 Å². The van der Waals surface area contributed by atoms with Gasteiger partial charge in [0.25, 0.3) is 0 Å². The Labute approximate surface area is 94.1 Å². The summed E-state index contributed by atoms with van der Waals surface area (Å²) >= 11 is 0. The number of hydrogen-bond acceptors (Lipinski definition) is 2. The zero-order valence-corrected chi connectivity index (χ0v) is 8.92. The van der Waals surface area contributed by atoms with Crippen molar-refractivity contribution in [2.75, 3.05) is 6.54 Å². The summed E-state index contributed by atoms with van der Waals surface area (Å²) in [6.45, 7) is 0.730. The average molecular weight is 212 g/mol. The molecule has 1 N–H and O–H groups in total. The average Bonchev–Trinajstić information content (AvgIpc) is 2.85. The van der Waals surface area contributed by atoms with Gasteiger partial charge in [0.1, 0.15) is 0 Å². The molecule has 16 heavy (non-hydrogen) atoms. The largest absolute Gasteiger partial charge is 0.355 e. The van der Waals surface area contributed by atoms with E-state index in [1.54, 1.807) is 0 Å². The molecule has 1 aromatic carbocycles. The molecule has 1 unspecified atom stereocenters. The molecular formula is C13H12N2O. The molecule has 0 radical (unpaired) electrons. The maximum absolute atomic E-state index is 11.4. The van der Waals surface area contributed by atoms with Crippen molar-refractivity contribution >= 4 is 5.91 Å². The molecule has 0 bridgehead atoms. The standard InChI is InChI=1S/C13H12N2O/c14-7-9-2-1-3-11-10(9)4-5-13(11)6-12(16)15-8-13/h1-3H,4-6,8H2,(H,15,16). The zero-order valence-electron chi connectivity index (χ0n) is 8.92. The number of rotatable bonds is 0. The molecule has 1 aromatic rings. The number of nitrogens with one attached hydrogen (secondary N) is 1. The molecule has 3 heteroatoms. The van der Waals surface area contributed by atoms with Crippen molar-refractivity contribution in [3.63, 3.8) is 0 Å². The maximum atomic E-state index is 11.4. The Balaban J connectivity index is 2.14. The lowest BCUT2D eigenvalue weighted by Crippen LogP contribution is -2.25. The van der Waals surface area contributed by atoms with E-state index in [1.807, 2.05) is 12.1 Å². The molecule has 0 aromatic heterocycles. The fourth-order valence-corrected chi connectivity index (χ4v) is 3.02. The second kappa shape index (κ2) is 3.08. The van der Waals surface area contributed by atoms with E-state index in [2.05, 4.69) is 17.5 Å². The van der Waals surface area contributed by atoms with Crippen LogP contribution in [0.4, 0.5) is 0 Å². The fraction of sp³-hybridized carbons (Fsp3) is 0.385. The third-order valence-electron chi connectivity index (χ3n) is 3.84. The zero-order chi connectivity index (χ0) is 11.2. The number of amides is 1. The van der Waals surface area contributed by atoms with Crippen LogP contribution in [0, 0.1) is 11.3 Å². The molecule has 1 fully saturated rings. The lowest BCUT2D eigenvalue weighted by Gasteiger charge is -2.21. The number of hydrogen-bond donors (Lipinski definition) is 1. The van der Waals surface area contributed by atoms with Gasteiger partial charge in [0.2, 0.25) is 5.91 Å². The Kier molecular flexibility index (Phi) is 1.81. The predicted octanol–water partition coefficient (Wildman–Crippen LogP) is 1.26. The van der Waals surface area contributed by atoms with Crippen LogP contribution in [0.3, 0.4) is 0 Å². The van der Waals surface area contributed by atoms with Crippen molar-refractivity contribution in [3.8, 4) is 6.07 Å². The van der Waals surface area contributed by atoms with Gasteiger partial charge >= 0.3 is 0 Å². The van der Waals surface area contributed by atoms with Crippen LogP contribution in [-0.4, -0.2) is 12.5 Å². The first-order valence-corrected chi connectivity index (χ1v) is 5.54. The van der Waals surface area contributed by atoms with Crippen molar-refractivity contribution in [2.24, 2.45) is 0 Å². The number of nitriles is 1. The summed E-state index contributed by atoms with van der Waals surface area (Å²) in [4.78, 5) is 11.4. The summed E-state index contributed by atoms with van der Waals surface area (Å²) in [7, 11) is 0. The molecule has 1 spiro atoms. The SMILES string of the molecule is N#Cc1cccc2c1CCC21CNC(=O)C1. The van der Waals surface area contributed by atoms with Crippen molar-refractivity contribution < 1.29 is 4.79 Å². The number of fused-ring (bicyclic) bond motifs is 2. The summed E-state index contributed by atoms with van der Waals surface area (Å²) in [6, 6.07) is 8.10. The van der Waals surface area contributed by atoms with Gasteiger partial charge in [0, 0.05) is 18.4 Å². The lowest BCUT2D eigenvalue weighted by atomic mass is 9.81. The smallest absolute Gasteiger partial charge is 0.220 e. The van der Waals surface area contributed by atoms with E-state index in [0.29, 0.717) is 6.42 Å². The molecule has 3 nitrogen and oxygen atoms in total. The molecule has 1 amide bonds. The highest BCUT2D eigenvalue weighted by atomic mass is 16.1. The number of benzene rings is 1. The van der Waals surface area contributed by atoms with Gasteiger partial charge in [-0.25, -0.2) is 0 Å². The number of carbonyl (C=O) groups excluding carboxylic acids is 1. The first-order chi connectivity index (χ1) is 7.75. The first kappa shape index (κ1) is 9.41. The van der Waals surface area contributed by atoms with Crippen molar-refractivity contribution in [1.82, 2.24) is 5.32 Å². The summed E-state index contributed by atoms with van der Waals surface area (Å²) in [5, 5.41) is 12.0. The molecule has 2 aliphatic rings. The van der Waals surface area contributed by atoms with E-state index < -0.39 is 0 Å². The monoisotopic (exact) mass is 212 g/mol. The lowest BCUT2D eigenvalue weighted by molar-refractivity contribution is -0.119. The normalized spacial score (nSPS) is 26.6. The Morgan fingerprint density at radius 1 is 1.44 bits per heavy atom. The van der Waals surface area contributed by atoms with E-state index in [9.17, 15) is 4.79 Å². The van der Waals surface area contributed by atoms with Crippen LogP contribution in [0.5, 0.6) is 0 Å². The van der Waals surface area contributed by atoms with Gasteiger partial charge in [-0.1, -0.05) is 12.1 Å². The fourth-order valence-electron chi connectivity index (χ4n) is 3.02. The minimum Gasteiger partial charge on any atom is -0.355 e. The minimum absolute atomic E-state index is 0.0285. The Hall–Kier alpha value is -1.82. The third-order valence-corrected chi connectivity index (χ3v) is 3.84. The predicted molar refractivity (Wildman–Crippen MR) is 58.8 cm³/mol. The highest BCUT2D eigenvalue weighted by Gasteiger charge is 2.44. The highest BCUT2D eigenvalue weighted by Crippen LogP contribution is 2.44. The molecular weight excluding hydrogens is 200 g/mol. The molecule has 1 aliphatic carbocycles. The quantitative estimate of drug-likeness (QED) is 0.704. The van der Waals surface area contributed by atoms with Crippen LogP contribution in [0.25, 0.3) is 0 Å². The minimum atomic E-state index is -0.0285. The highest BCUT2D eigenvalue weighted by molar-refractivity contribution is 5.81. The van der Waals surface area contributed by atoms with Gasteiger partial charge in [0.05, 0.1) is 11.6 Å². The first-order valence-electron chi connectivity index (χ1n) is 5.54. The van der Waals surface area contributed by atoms with E-state index >= 15 is 0 Å². The summed E-state index contributed by atoms with van der Waals surface area (Å²) in [6.07, 6.45) is 2.49. The van der Waals surface area contributed by atoms with E-state index in [4.69, 9.17) is 5.26 Å². The van der Waals surface area contributed by atoms with E-state index in [0.717, 1.165) is 30.5 Å². The van der Waals surface area contributed by atoms with Gasteiger partial charge in [0.15, 0.2) is 0 Å². The Morgan fingerprint density at radius 3 is 3.00 bits per heavy atom. The van der Waals surface area contributed by atoms with Crippen molar-refractivity contribution in [3.05, 3.63) is 34.9 Å².